The van der Waals surface area contributed by atoms with E-state index in [0.717, 1.165) is 60.4 Å². The standard InChI is InChI=1S/C26H29N7O2/c1-3-31-9-11-32(12-10-31)26(35)18-33-17-20-13-19(7-8-23(20)29-33)14-25(34)24-6-4-5-22(28-24)21-15-27-30(2)16-21/h4-8,13,15-17H,3,9-12,14,18H2,1-2H3. The van der Waals surface area contributed by atoms with Crippen LogP contribution >= 0.6 is 0 Å². The van der Waals surface area contributed by atoms with E-state index in [9.17, 15) is 9.59 Å². The van der Waals surface area contributed by atoms with Gasteiger partial charge in [0.05, 0.1) is 17.4 Å². The van der Waals surface area contributed by atoms with E-state index in [1.807, 2.05) is 54.7 Å². The van der Waals surface area contributed by atoms with Gasteiger partial charge in [0.2, 0.25) is 5.91 Å². The number of likely N-dealkylation sites (N-methyl/N-ethyl adjacent to an activating group) is 1. The molecule has 0 radical (unpaired) electrons. The van der Waals surface area contributed by atoms with Crippen molar-refractivity contribution in [3.8, 4) is 11.3 Å². The van der Waals surface area contributed by atoms with Gasteiger partial charge in [0.15, 0.2) is 5.78 Å². The van der Waals surface area contributed by atoms with Crippen LogP contribution in [-0.4, -0.2) is 78.8 Å². The summed E-state index contributed by atoms with van der Waals surface area (Å²) >= 11 is 0. The zero-order valence-electron chi connectivity index (χ0n) is 20.1. The molecule has 0 unspecified atom stereocenters. The first-order valence-corrected chi connectivity index (χ1v) is 11.9. The topological polar surface area (TPSA) is 89.1 Å². The second-order valence-electron chi connectivity index (χ2n) is 8.95. The number of aryl methyl sites for hydroxylation is 1. The Balaban J connectivity index is 1.25. The van der Waals surface area contributed by atoms with Gasteiger partial charge in [-0.05, 0) is 36.4 Å². The van der Waals surface area contributed by atoms with Crippen LogP contribution in [0.1, 0.15) is 23.0 Å². The molecule has 1 aliphatic rings. The molecule has 0 N–H and O–H groups in total. The smallest absolute Gasteiger partial charge is 0.244 e. The minimum atomic E-state index is -0.0520. The highest BCUT2D eigenvalue weighted by atomic mass is 16.2. The van der Waals surface area contributed by atoms with Crippen LogP contribution in [0.2, 0.25) is 0 Å². The monoisotopic (exact) mass is 471 g/mol. The van der Waals surface area contributed by atoms with Gasteiger partial charge in [-0.1, -0.05) is 19.1 Å². The van der Waals surface area contributed by atoms with Gasteiger partial charge in [-0.2, -0.15) is 10.2 Å². The quantitative estimate of drug-likeness (QED) is 0.385. The summed E-state index contributed by atoms with van der Waals surface area (Å²) in [5.41, 5.74) is 3.72. The first-order chi connectivity index (χ1) is 17.0. The number of hydrogen-bond acceptors (Lipinski definition) is 6. The number of pyridine rings is 1. The molecule has 9 nitrogen and oxygen atoms in total. The van der Waals surface area contributed by atoms with E-state index in [1.165, 1.54) is 0 Å². The fraction of sp³-hybridized carbons (Fsp3) is 0.346. The molecule has 180 valence electrons. The molecule has 1 aromatic carbocycles. The maximum absolute atomic E-state index is 13.0. The zero-order chi connectivity index (χ0) is 24.4. The molecular weight excluding hydrogens is 442 g/mol. The number of benzene rings is 1. The van der Waals surface area contributed by atoms with E-state index in [4.69, 9.17) is 0 Å². The Labute approximate surface area is 204 Å². The predicted octanol–water partition coefficient (Wildman–Crippen LogP) is 2.42. The molecule has 0 aliphatic carbocycles. The number of ketones is 1. The molecule has 5 rings (SSSR count). The first kappa shape index (κ1) is 22.9. The Morgan fingerprint density at radius 2 is 1.86 bits per heavy atom. The van der Waals surface area contributed by atoms with Gasteiger partial charge in [0.1, 0.15) is 12.2 Å². The van der Waals surface area contributed by atoms with Crippen molar-refractivity contribution in [2.75, 3.05) is 32.7 Å². The first-order valence-electron chi connectivity index (χ1n) is 11.9. The lowest BCUT2D eigenvalue weighted by Crippen LogP contribution is -2.49. The van der Waals surface area contributed by atoms with Crippen molar-refractivity contribution < 1.29 is 9.59 Å². The van der Waals surface area contributed by atoms with Crippen molar-refractivity contribution in [3.63, 3.8) is 0 Å². The highest BCUT2D eigenvalue weighted by molar-refractivity contribution is 5.96. The molecule has 0 saturated carbocycles. The van der Waals surface area contributed by atoms with Crippen molar-refractivity contribution in [2.45, 2.75) is 19.9 Å². The molecule has 4 aromatic rings. The number of nitrogens with zero attached hydrogens (tertiary/aromatic N) is 7. The van der Waals surface area contributed by atoms with Crippen molar-refractivity contribution in [1.82, 2.24) is 34.3 Å². The summed E-state index contributed by atoms with van der Waals surface area (Å²) in [5.74, 6) is 0.0346. The summed E-state index contributed by atoms with van der Waals surface area (Å²) in [6.07, 6.45) is 5.73. The number of rotatable bonds is 7. The summed E-state index contributed by atoms with van der Waals surface area (Å²) in [6.45, 7) is 6.74. The van der Waals surface area contributed by atoms with Gasteiger partial charge in [0, 0.05) is 63.0 Å². The van der Waals surface area contributed by atoms with Crippen molar-refractivity contribution in [1.29, 1.82) is 0 Å². The van der Waals surface area contributed by atoms with E-state index in [0.29, 0.717) is 5.69 Å². The van der Waals surface area contributed by atoms with Crippen molar-refractivity contribution in [2.24, 2.45) is 7.05 Å². The van der Waals surface area contributed by atoms with E-state index >= 15 is 0 Å². The van der Waals surface area contributed by atoms with E-state index in [2.05, 4.69) is 27.0 Å². The summed E-state index contributed by atoms with van der Waals surface area (Å²) < 4.78 is 3.41. The number of piperazine rings is 1. The van der Waals surface area contributed by atoms with Gasteiger partial charge in [-0.15, -0.1) is 0 Å². The largest absolute Gasteiger partial charge is 0.339 e. The van der Waals surface area contributed by atoms with Gasteiger partial charge < -0.3 is 9.80 Å². The minimum absolute atomic E-state index is 0.0520. The van der Waals surface area contributed by atoms with E-state index in [1.54, 1.807) is 21.6 Å². The lowest BCUT2D eigenvalue weighted by Gasteiger charge is -2.34. The van der Waals surface area contributed by atoms with E-state index in [-0.39, 0.29) is 24.7 Å². The third-order valence-corrected chi connectivity index (χ3v) is 6.49. The number of carbonyl (C=O) groups excluding carboxylic acids is 2. The zero-order valence-corrected chi connectivity index (χ0v) is 20.1. The number of carbonyl (C=O) groups is 2. The molecule has 1 amide bonds. The third kappa shape index (κ3) is 5.14. The molecule has 35 heavy (non-hydrogen) atoms. The molecule has 0 atom stereocenters. The molecule has 1 aliphatic heterocycles. The molecule has 1 fully saturated rings. The highest BCUT2D eigenvalue weighted by Gasteiger charge is 2.20. The Bertz CT molecular complexity index is 1370. The van der Waals surface area contributed by atoms with Gasteiger partial charge in [0.25, 0.3) is 0 Å². The van der Waals surface area contributed by atoms with Crippen LogP contribution in [0.3, 0.4) is 0 Å². The number of fused-ring (bicyclic) bond motifs is 1. The molecule has 1 saturated heterocycles. The van der Waals surface area contributed by atoms with Crippen LogP contribution in [0.25, 0.3) is 22.2 Å². The Kier molecular flexibility index (Phi) is 6.41. The Morgan fingerprint density at radius 1 is 1.03 bits per heavy atom. The lowest BCUT2D eigenvalue weighted by molar-refractivity contribution is -0.133. The fourth-order valence-electron chi connectivity index (χ4n) is 4.45. The van der Waals surface area contributed by atoms with Crippen molar-refractivity contribution >= 4 is 22.6 Å². The second kappa shape index (κ2) is 9.79. The molecule has 0 bridgehead atoms. The predicted molar refractivity (Wildman–Crippen MR) is 133 cm³/mol. The summed E-state index contributed by atoms with van der Waals surface area (Å²) in [6, 6.07) is 11.2. The average Bonchev–Trinajstić information content (AvgIpc) is 3.49. The van der Waals surface area contributed by atoms with Crippen LogP contribution in [0.5, 0.6) is 0 Å². The van der Waals surface area contributed by atoms with Gasteiger partial charge in [-0.25, -0.2) is 4.98 Å². The number of Topliss-reactive ketones (excluding diaryl/α,β-unsaturated/α-hetero) is 1. The molecule has 0 spiro atoms. The Hall–Kier alpha value is -3.85. The second-order valence-corrected chi connectivity index (χ2v) is 8.95. The number of amides is 1. The van der Waals surface area contributed by atoms with Gasteiger partial charge >= 0.3 is 0 Å². The minimum Gasteiger partial charge on any atom is -0.339 e. The molecule has 9 heteroatoms. The van der Waals surface area contributed by atoms with Crippen LogP contribution in [0.15, 0.2) is 55.0 Å². The van der Waals surface area contributed by atoms with Crippen LogP contribution in [0.4, 0.5) is 0 Å². The highest BCUT2D eigenvalue weighted by Crippen LogP contribution is 2.19. The SMILES string of the molecule is CCN1CCN(C(=O)Cn2cc3cc(CC(=O)c4cccc(-c5cnn(C)c5)n4)ccc3n2)CC1. The summed E-state index contributed by atoms with van der Waals surface area (Å²) in [4.78, 5) is 34.5. The summed E-state index contributed by atoms with van der Waals surface area (Å²) in [7, 11) is 1.85. The number of aromatic nitrogens is 5. The van der Waals surface area contributed by atoms with Gasteiger partial charge in [-0.3, -0.25) is 19.0 Å². The van der Waals surface area contributed by atoms with Crippen LogP contribution in [-0.2, 0) is 24.8 Å². The van der Waals surface area contributed by atoms with Crippen molar-refractivity contribution in [3.05, 3.63) is 66.2 Å². The van der Waals surface area contributed by atoms with Crippen LogP contribution < -0.4 is 0 Å². The maximum atomic E-state index is 13.0. The maximum Gasteiger partial charge on any atom is 0.244 e. The Morgan fingerprint density at radius 3 is 2.60 bits per heavy atom. The number of hydrogen-bond donors (Lipinski definition) is 0. The molecular formula is C26H29N7O2. The fourth-order valence-corrected chi connectivity index (χ4v) is 4.45. The van der Waals surface area contributed by atoms with Crippen LogP contribution in [0, 0.1) is 0 Å². The normalized spacial score (nSPS) is 14.5. The summed E-state index contributed by atoms with van der Waals surface area (Å²) in [5, 5.41) is 9.65. The average molecular weight is 472 g/mol. The van der Waals surface area contributed by atoms with E-state index < -0.39 is 0 Å². The molecule has 3 aromatic heterocycles. The molecule has 4 heterocycles. The third-order valence-electron chi connectivity index (χ3n) is 6.49. The lowest BCUT2D eigenvalue weighted by atomic mass is 10.0.